The van der Waals surface area contributed by atoms with Gasteiger partial charge in [-0.05, 0) is 29.3 Å². The minimum Gasteiger partial charge on any atom is -0.113 e. The first-order valence-electron chi connectivity index (χ1n) is 4.93. The zero-order chi connectivity index (χ0) is 12.4. The van der Waals surface area contributed by atoms with E-state index in [9.17, 15) is 0 Å². The number of alkyl halides is 1. The Labute approximate surface area is 124 Å². The van der Waals surface area contributed by atoms with Crippen molar-refractivity contribution >= 4 is 50.7 Å². The lowest BCUT2D eigenvalue weighted by molar-refractivity contribution is 1.13. The van der Waals surface area contributed by atoms with Crippen LogP contribution in [-0.4, -0.2) is 0 Å². The highest BCUT2D eigenvalue weighted by atomic mass is 79.9. The fourth-order valence-electron chi connectivity index (χ4n) is 1.53. The number of hydrogen-bond donors (Lipinski definition) is 0. The fourth-order valence-corrected chi connectivity index (χ4v) is 2.81. The summed E-state index contributed by atoms with van der Waals surface area (Å²) in [4.78, 5) is 0. The molecule has 0 aliphatic rings. The molecular weight excluding hydrogens is 342 g/mol. The summed E-state index contributed by atoms with van der Waals surface area (Å²) in [6.45, 7) is 0. The molecule has 17 heavy (non-hydrogen) atoms. The van der Waals surface area contributed by atoms with E-state index in [2.05, 4.69) is 15.9 Å². The van der Waals surface area contributed by atoms with Crippen LogP contribution in [0.25, 0.3) is 0 Å². The largest absolute Gasteiger partial charge is 0.113 e. The van der Waals surface area contributed by atoms with Crippen molar-refractivity contribution in [3.8, 4) is 0 Å². The Morgan fingerprint density at radius 2 is 1.65 bits per heavy atom. The molecule has 0 radical (unpaired) electrons. The maximum Gasteiger partial charge on any atom is 0.0846 e. The van der Waals surface area contributed by atoms with E-state index >= 15 is 0 Å². The highest BCUT2D eigenvalue weighted by molar-refractivity contribution is 9.10. The van der Waals surface area contributed by atoms with Crippen molar-refractivity contribution in [1.29, 1.82) is 0 Å². The average Bonchev–Trinajstić information content (AvgIpc) is 2.32. The molecule has 0 spiro atoms. The van der Waals surface area contributed by atoms with Gasteiger partial charge in [-0.15, -0.1) is 11.6 Å². The molecule has 0 amide bonds. The molecule has 1 atom stereocenters. The van der Waals surface area contributed by atoms with Crippen LogP contribution in [0.1, 0.15) is 16.5 Å². The highest BCUT2D eigenvalue weighted by Crippen LogP contribution is 2.35. The first-order chi connectivity index (χ1) is 8.09. The second kappa shape index (κ2) is 5.62. The van der Waals surface area contributed by atoms with Crippen molar-refractivity contribution in [2.45, 2.75) is 5.38 Å². The monoisotopic (exact) mass is 348 g/mol. The van der Waals surface area contributed by atoms with Gasteiger partial charge in [0.2, 0.25) is 0 Å². The molecule has 0 fully saturated rings. The maximum atomic E-state index is 6.43. The standard InChI is InChI=1S/C13H8BrCl3/c14-10-4-2-1-3-9(10)13(17)8-5-6-11(15)12(16)7-8/h1-7,13H. The molecule has 2 rings (SSSR count). The van der Waals surface area contributed by atoms with Crippen LogP contribution >= 0.6 is 50.7 Å². The van der Waals surface area contributed by atoms with Crippen LogP contribution in [0.15, 0.2) is 46.9 Å². The van der Waals surface area contributed by atoms with Gasteiger partial charge in [-0.2, -0.15) is 0 Å². The zero-order valence-electron chi connectivity index (χ0n) is 8.63. The molecular formula is C13H8BrCl3. The smallest absolute Gasteiger partial charge is 0.0846 e. The molecule has 0 bridgehead atoms. The molecule has 0 aromatic heterocycles. The van der Waals surface area contributed by atoms with E-state index in [1.54, 1.807) is 12.1 Å². The molecule has 2 aromatic rings. The SMILES string of the molecule is Clc1ccc(C(Cl)c2ccccc2Br)cc1Cl. The molecule has 0 saturated carbocycles. The lowest BCUT2D eigenvalue weighted by atomic mass is 10.0. The predicted molar refractivity (Wildman–Crippen MR) is 78.3 cm³/mol. The molecule has 88 valence electrons. The van der Waals surface area contributed by atoms with Crippen LogP contribution in [0.3, 0.4) is 0 Å². The number of hydrogen-bond acceptors (Lipinski definition) is 0. The second-order valence-corrected chi connectivity index (χ2v) is 5.66. The van der Waals surface area contributed by atoms with Crippen molar-refractivity contribution in [2.24, 2.45) is 0 Å². The summed E-state index contributed by atoms with van der Waals surface area (Å²) >= 11 is 21.8. The lowest BCUT2D eigenvalue weighted by Crippen LogP contribution is -1.94. The van der Waals surface area contributed by atoms with Crippen LogP contribution < -0.4 is 0 Å². The average molecular weight is 350 g/mol. The van der Waals surface area contributed by atoms with Crippen LogP contribution in [0.5, 0.6) is 0 Å². The third kappa shape index (κ3) is 2.97. The summed E-state index contributed by atoms with van der Waals surface area (Å²) in [6, 6.07) is 13.3. The third-order valence-corrected chi connectivity index (χ3v) is 4.36. The highest BCUT2D eigenvalue weighted by Gasteiger charge is 2.14. The minimum atomic E-state index is -0.250. The van der Waals surface area contributed by atoms with E-state index in [1.807, 2.05) is 30.3 Å². The predicted octanol–water partition coefficient (Wildman–Crippen LogP) is 6.08. The Kier molecular flexibility index (Phi) is 4.37. The number of halogens is 4. The Hall–Kier alpha value is -0.210. The van der Waals surface area contributed by atoms with E-state index in [0.29, 0.717) is 10.0 Å². The second-order valence-electron chi connectivity index (χ2n) is 3.56. The van der Waals surface area contributed by atoms with Gasteiger partial charge < -0.3 is 0 Å². The van der Waals surface area contributed by atoms with Gasteiger partial charge in [0.15, 0.2) is 0 Å². The summed E-state index contributed by atoms with van der Waals surface area (Å²) < 4.78 is 0.978. The van der Waals surface area contributed by atoms with Crippen molar-refractivity contribution in [2.75, 3.05) is 0 Å². The Morgan fingerprint density at radius 1 is 0.941 bits per heavy atom. The van der Waals surface area contributed by atoms with Crippen molar-refractivity contribution in [1.82, 2.24) is 0 Å². The van der Waals surface area contributed by atoms with Crippen LogP contribution in [-0.2, 0) is 0 Å². The Balaban J connectivity index is 2.40. The molecule has 0 heterocycles. The van der Waals surface area contributed by atoms with E-state index < -0.39 is 0 Å². The van der Waals surface area contributed by atoms with Crippen molar-refractivity contribution in [3.05, 3.63) is 68.1 Å². The lowest BCUT2D eigenvalue weighted by Gasteiger charge is -2.12. The van der Waals surface area contributed by atoms with Crippen molar-refractivity contribution in [3.63, 3.8) is 0 Å². The van der Waals surface area contributed by atoms with Gasteiger partial charge in [0.05, 0.1) is 15.4 Å². The fraction of sp³-hybridized carbons (Fsp3) is 0.0769. The van der Waals surface area contributed by atoms with Gasteiger partial charge in [0, 0.05) is 4.47 Å². The van der Waals surface area contributed by atoms with Crippen LogP contribution in [0, 0.1) is 0 Å². The number of rotatable bonds is 2. The Bertz CT molecular complexity index is 540. The first kappa shape index (κ1) is 13.2. The van der Waals surface area contributed by atoms with E-state index in [1.165, 1.54) is 0 Å². The normalized spacial score (nSPS) is 12.5. The minimum absolute atomic E-state index is 0.250. The van der Waals surface area contributed by atoms with E-state index in [-0.39, 0.29) is 5.38 Å². The molecule has 0 nitrogen and oxygen atoms in total. The van der Waals surface area contributed by atoms with Crippen molar-refractivity contribution < 1.29 is 0 Å². The van der Waals surface area contributed by atoms with E-state index in [4.69, 9.17) is 34.8 Å². The topological polar surface area (TPSA) is 0 Å². The summed E-state index contributed by atoms with van der Waals surface area (Å²) in [5.41, 5.74) is 1.93. The Morgan fingerprint density at radius 3 is 2.29 bits per heavy atom. The zero-order valence-corrected chi connectivity index (χ0v) is 12.5. The van der Waals surface area contributed by atoms with Gasteiger partial charge >= 0.3 is 0 Å². The van der Waals surface area contributed by atoms with Crippen LogP contribution in [0.4, 0.5) is 0 Å². The molecule has 4 heteroatoms. The summed E-state index contributed by atoms with van der Waals surface area (Å²) in [5, 5.41) is 0.800. The summed E-state index contributed by atoms with van der Waals surface area (Å²) in [6.07, 6.45) is 0. The quantitative estimate of drug-likeness (QED) is 0.575. The van der Waals surface area contributed by atoms with Gasteiger partial charge in [-0.1, -0.05) is 63.4 Å². The molecule has 2 aromatic carbocycles. The molecule has 0 N–H and O–H groups in total. The van der Waals surface area contributed by atoms with Gasteiger partial charge in [0.25, 0.3) is 0 Å². The molecule has 0 aliphatic carbocycles. The maximum absolute atomic E-state index is 6.43. The molecule has 0 aliphatic heterocycles. The molecule has 0 saturated heterocycles. The van der Waals surface area contributed by atoms with Crippen LogP contribution in [0.2, 0.25) is 10.0 Å². The summed E-state index contributed by atoms with van der Waals surface area (Å²) in [7, 11) is 0. The van der Waals surface area contributed by atoms with Gasteiger partial charge in [-0.3, -0.25) is 0 Å². The van der Waals surface area contributed by atoms with E-state index in [0.717, 1.165) is 15.6 Å². The number of benzene rings is 2. The first-order valence-corrected chi connectivity index (χ1v) is 6.91. The third-order valence-electron chi connectivity index (χ3n) is 2.41. The van der Waals surface area contributed by atoms with Gasteiger partial charge in [-0.25, -0.2) is 0 Å². The van der Waals surface area contributed by atoms with Gasteiger partial charge in [0.1, 0.15) is 0 Å². The molecule has 1 unspecified atom stereocenters. The summed E-state index contributed by atoms with van der Waals surface area (Å²) in [5.74, 6) is 0.